The molecule has 1 heterocycles. The molecule has 1 fully saturated rings. The quantitative estimate of drug-likeness (QED) is 0.781. The maximum atomic E-state index is 12.2. The largest absolute Gasteiger partial charge is 0.491 e. The Balaban J connectivity index is 1.79. The number of benzene rings is 1. The van der Waals surface area contributed by atoms with Crippen LogP contribution in [0.25, 0.3) is 0 Å². The van der Waals surface area contributed by atoms with Crippen LogP contribution in [0.4, 0.5) is 0 Å². The van der Waals surface area contributed by atoms with Gasteiger partial charge in [0, 0.05) is 13.1 Å². The molecule has 1 aliphatic heterocycles. The molecule has 0 radical (unpaired) electrons. The Hall–Kier alpha value is -1.75. The standard InChI is InChI=1S/C16H20ClNO4/c1-21-16(20)12-5-4-9-18(11-12)15(19)8-10-22-14-7-3-2-6-13(14)17/h2-3,6-7,12H,4-5,8-11H2,1H3. The topological polar surface area (TPSA) is 55.8 Å². The van der Waals surface area contributed by atoms with Gasteiger partial charge in [-0.1, -0.05) is 23.7 Å². The van der Waals surface area contributed by atoms with Gasteiger partial charge >= 0.3 is 5.97 Å². The van der Waals surface area contributed by atoms with Crippen molar-refractivity contribution < 1.29 is 19.1 Å². The van der Waals surface area contributed by atoms with Gasteiger partial charge in [-0.25, -0.2) is 0 Å². The van der Waals surface area contributed by atoms with Crippen LogP contribution in [0.3, 0.4) is 0 Å². The molecule has 2 rings (SSSR count). The number of hydrogen-bond donors (Lipinski definition) is 0. The molecule has 0 spiro atoms. The Bertz CT molecular complexity index is 535. The Morgan fingerprint density at radius 1 is 1.36 bits per heavy atom. The second-order valence-electron chi connectivity index (χ2n) is 5.23. The van der Waals surface area contributed by atoms with Gasteiger partial charge < -0.3 is 14.4 Å². The average Bonchev–Trinajstić information content (AvgIpc) is 2.56. The zero-order chi connectivity index (χ0) is 15.9. The molecule has 1 saturated heterocycles. The first-order valence-corrected chi connectivity index (χ1v) is 7.72. The van der Waals surface area contributed by atoms with Gasteiger partial charge in [0.25, 0.3) is 0 Å². The number of methoxy groups -OCH3 is 1. The van der Waals surface area contributed by atoms with Crippen LogP contribution < -0.4 is 4.74 Å². The molecular weight excluding hydrogens is 306 g/mol. The second kappa shape index (κ2) is 8.03. The van der Waals surface area contributed by atoms with Crippen molar-refractivity contribution in [3.05, 3.63) is 29.3 Å². The SMILES string of the molecule is COC(=O)C1CCCN(C(=O)CCOc2ccccc2Cl)C1. The van der Waals surface area contributed by atoms with Crippen molar-refractivity contribution in [1.29, 1.82) is 0 Å². The van der Waals surface area contributed by atoms with Crippen LogP contribution >= 0.6 is 11.6 Å². The Kier molecular flexibility index (Phi) is 6.07. The molecule has 0 N–H and O–H groups in total. The van der Waals surface area contributed by atoms with Crippen LogP contribution in [-0.2, 0) is 14.3 Å². The minimum atomic E-state index is -0.246. The predicted octanol–water partition coefficient (Wildman–Crippen LogP) is 2.52. The molecule has 0 aliphatic carbocycles. The van der Waals surface area contributed by atoms with Crippen LogP contribution in [0.2, 0.25) is 5.02 Å². The first-order valence-electron chi connectivity index (χ1n) is 7.34. The molecule has 1 aromatic carbocycles. The highest BCUT2D eigenvalue weighted by Gasteiger charge is 2.28. The normalized spacial score (nSPS) is 17.9. The van der Waals surface area contributed by atoms with Gasteiger partial charge in [0.1, 0.15) is 5.75 Å². The number of carbonyl (C=O) groups is 2. The zero-order valence-electron chi connectivity index (χ0n) is 12.6. The van der Waals surface area contributed by atoms with Crippen LogP contribution in [-0.4, -0.2) is 43.6 Å². The predicted molar refractivity (Wildman–Crippen MR) is 82.9 cm³/mol. The zero-order valence-corrected chi connectivity index (χ0v) is 13.3. The summed E-state index contributed by atoms with van der Waals surface area (Å²) in [5.74, 6) is 0.0979. The lowest BCUT2D eigenvalue weighted by molar-refractivity contribution is -0.149. The summed E-state index contributed by atoms with van der Waals surface area (Å²) in [5.41, 5.74) is 0. The van der Waals surface area contributed by atoms with Crippen molar-refractivity contribution in [2.75, 3.05) is 26.8 Å². The van der Waals surface area contributed by atoms with Crippen molar-refractivity contribution in [3.8, 4) is 5.75 Å². The van der Waals surface area contributed by atoms with Gasteiger partial charge in [-0.05, 0) is 25.0 Å². The van der Waals surface area contributed by atoms with Crippen molar-refractivity contribution >= 4 is 23.5 Å². The highest BCUT2D eigenvalue weighted by Crippen LogP contribution is 2.23. The average molecular weight is 326 g/mol. The fraction of sp³-hybridized carbons (Fsp3) is 0.500. The monoisotopic (exact) mass is 325 g/mol. The third-order valence-corrected chi connectivity index (χ3v) is 4.03. The molecule has 0 aromatic heterocycles. The first-order chi connectivity index (χ1) is 10.6. The molecule has 1 aromatic rings. The molecule has 0 bridgehead atoms. The Morgan fingerprint density at radius 2 is 2.14 bits per heavy atom. The molecule has 120 valence electrons. The third kappa shape index (κ3) is 4.37. The van der Waals surface area contributed by atoms with Crippen molar-refractivity contribution in [2.24, 2.45) is 5.92 Å². The number of para-hydroxylation sites is 1. The van der Waals surface area contributed by atoms with E-state index >= 15 is 0 Å². The van der Waals surface area contributed by atoms with Crippen molar-refractivity contribution in [1.82, 2.24) is 4.90 Å². The number of likely N-dealkylation sites (tertiary alicyclic amines) is 1. The van der Waals surface area contributed by atoms with Gasteiger partial charge in [0.05, 0.1) is 31.1 Å². The summed E-state index contributed by atoms with van der Waals surface area (Å²) in [5, 5.41) is 0.527. The fourth-order valence-electron chi connectivity index (χ4n) is 2.53. The maximum absolute atomic E-state index is 12.2. The Labute approximate surface area is 135 Å². The summed E-state index contributed by atoms with van der Waals surface area (Å²) in [6.07, 6.45) is 1.85. The minimum absolute atomic E-state index is 0.0133. The number of halogens is 1. The van der Waals surface area contributed by atoms with Crippen molar-refractivity contribution in [2.45, 2.75) is 19.3 Å². The summed E-state index contributed by atoms with van der Waals surface area (Å²) in [7, 11) is 1.38. The minimum Gasteiger partial charge on any atom is -0.491 e. The molecule has 1 atom stereocenters. The summed E-state index contributed by atoms with van der Waals surface area (Å²) in [4.78, 5) is 25.5. The van der Waals surface area contributed by atoms with E-state index in [2.05, 4.69) is 0 Å². The molecule has 5 nitrogen and oxygen atoms in total. The molecule has 1 unspecified atom stereocenters. The van der Waals surface area contributed by atoms with E-state index in [1.54, 1.807) is 17.0 Å². The van der Waals surface area contributed by atoms with E-state index in [1.807, 2.05) is 12.1 Å². The van der Waals surface area contributed by atoms with E-state index in [1.165, 1.54) is 7.11 Å². The summed E-state index contributed by atoms with van der Waals surface area (Å²) >= 11 is 5.99. The lowest BCUT2D eigenvalue weighted by Gasteiger charge is -2.31. The number of carbonyl (C=O) groups excluding carboxylic acids is 2. The summed E-state index contributed by atoms with van der Waals surface area (Å²) in [6.45, 7) is 1.37. The molecule has 1 amide bonds. The van der Waals surface area contributed by atoms with E-state index in [-0.39, 0.29) is 30.8 Å². The number of ether oxygens (including phenoxy) is 2. The number of amides is 1. The fourth-order valence-corrected chi connectivity index (χ4v) is 2.72. The van der Waals surface area contributed by atoms with E-state index in [9.17, 15) is 9.59 Å². The smallest absolute Gasteiger partial charge is 0.310 e. The maximum Gasteiger partial charge on any atom is 0.310 e. The molecule has 22 heavy (non-hydrogen) atoms. The summed E-state index contributed by atoms with van der Waals surface area (Å²) in [6, 6.07) is 7.15. The van der Waals surface area contributed by atoms with E-state index in [0.717, 1.165) is 12.8 Å². The van der Waals surface area contributed by atoms with Gasteiger partial charge in [0.2, 0.25) is 5.91 Å². The third-order valence-electron chi connectivity index (χ3n) is 3.72. The number of esters is 1. The molecule has 1 aliphatic rings. The van der Waals surface area contributed by atoms with Gasteiger partial charge in [-0.15, -0.1) is 0 Å². The molecule has 6 heteroatoms. The molecular formula is C16H20ClNO4. The lowest BCUT2D eigenvalue weighted by atomic mass is 9.98. The number of rotatable bonds is 5. The van der Waals surface area contributed by atoms with Gasteiger partial charge in [-0.3, -0.25) is 9.59 Å². The van der Waals surface area contributed by atoms with Crippen molar-refractivity contribution in [3.63, 3.8) is 0 Å². The van der Waals surface area contributed by atoms with E-state index in [4.69, 9.17) is 21.1 Å². The van der Waals surface area contributed by atoms with E-state index in [0.29, 0.717) is 23.9 Å². The number of piperidine rings is 1. The van der Waals surface area contributed by atoms with Gasteiger partial charge in [-0.2, -0.15) is 0 Å². The van der Waals surface area contributed by atoms with Crippen LogP contribution in [0.1, 0.15) is 19.3 Å². The molecule has 0 saturated carbocycles. The van der Waals surface area contributed by atoms with Crippen LogP contribution in [0.15, 0.2) is 24.3 Å². The van der Waals surface area contributed by atoms with E-state index < -0.39 is 0 Å². The highest BCUT2D eigenvalue weighted by atomic mass is 35.5. The number of nitrogens with zero attached hydrogens (tertiary/aromatic N) is 1. The van der Waals surface area contributed by atoms with Crippen LogP contribution in [0.5, 0.6) is 5.75 Å². The lowest BCUT2D eigenvalue weighted by Crippen LogP contribution is -2.43. The van der Waals surface area contributed by atoms with Crippen LogP contribution in [0, 0.1) is 5.92 Å². The first kappa shape index (κ1) is 16.6. The highest BCUT2D eigenvalue weighted by molar-refractivity contribution is 6.32. The van der Waals surface area contributed by atoms with Gasteiger partial charge in [0.15, 0.2) is 0 Å². The Morgan fingerprint density at radius 3 is 2.86 bits per heavy atom. The number of hydrogen-bond acceptors (Lipinski definition) is 4. The summed E-state index contributed by atoms with van der Waals surface area (Å²) < 4.78 is 10.3. The second-order valence-corrected chi connectivity index (χ2v) is 5.64.